The van der Waals surface area contributed by atoms with Crippen LogP contribution in [0.2, 0.25) is 0 Å². The van der Waals surface area contributed by atoms with Gasteiger partial charge in [-0.15, -0.1) is 0 Å². The largest absolute Gasteiger partial charge is 0.496 e. The first kappa shape index (κ1) is 23.7. The zero-order chi connectivity index (χ0) is 25.2. The van der Waals surface area contributed by atoms with Gasteiger partial charge in [-0.25, -0.2) is 9.78 Å². The number of nitrogens with zero attached hydrogens (tertiary/aromatic N) is 3. The fourth-order valence-electron chi connectivity index (χ4n) is 5.06. The zero-order valence-corrected chi connectivity index (χ0v) is 21.2. The van der Waals surface area contributed by atoms with Gasteiger partial charge in [0.05, 0.1) is 24.9 Å². The van der Waals surface area contributed by atoms with E-state index in [2.05, 4.69) is 52.5 Å². The third-order valence-corrected chi connectivity index (χ3v) is 6.95. The van der Waals surface area contributed by atoms with Crippen LogP contribution in [0.4, 0.5) is 10.5 Å². The lowest BCUT2D eigenvalue weighted by Crippen LogP contribution is -2.56. The van der Waals surface area contributed by atoms with Crippen molar-refractivity contribution < 1.29 is 13.9 Å². The van der Waals surface area contributed by atoms with E-state index < -0.39 is 0 Å². The van der Waals surface area contributed by atoms with Crippen LogP contribution >= 0.6 is 0 Å². The minimum atomic E-state index is -0.0894. The predicted octanol–water partition coefficient (Wildman–Crippen LogP) is 5.79. The fourth-order valence-corrected chi connectivity index (χ4v) is 5.06. The van der Waals surface area contributed by atoms with Crippen molar-refractivity contribution in [1.82, 2.24) is 15.2 Å². The van der Waals surface area contributed by atoms with Crippen molar-refractivity contribution in [2.75, 3.05) is 31.6 Å². The Labute approximate surface area is 211 Å². The van der Waals surface area contributed by atoms with Crippen molar-refractivity contribution in [1.29, 1.82) is 0 Å². The second-order valence-electron chi connectivity index (χ2n) is 9.36. The highest BCUT2D eigenvalue weighted by molar-refractivity contribution is 5.86. The molecule has 1 aliphatic rings. The van der Waals surface area contributed by atoms with Crippen molar-refractivity contribution >= 4 is 22.5 Å². The lowest BCUT2D eigenvalue weighted by molar-refractivity contribution is 0.183. The molecule has 3 aromatic carbocycles. The molecule has 0 saturated carbocycles. The van der Waals surface area contributed by atoms with E-state index >= 15 is 0 Å². The number of hydrogen-bond donors (Lipinski definition) is 1. The molecule has 2 amide bonds. The Balaban J connectivity index is 1.26. The monoisotopic (exact) mass is 484 g/mol. The van der Waals surface area contributed by atoms with Crippen LogP contribution in [0.1, 0.15) is 31.3 Å². The number of carbonyl (C=O) groups excluding carboxylic acids is 1. The van der Waals surface area contributed by atoms with Gasteiger partial charge < -0.3 is 24.3 Å². The molecule has 0 bridgehead atoms. The summed E-state index contributed by atoms with van der Waals surface area (Å²) >= 11 is 0. The minimum Gasteiger partial charge on any atom is -0.496 e. The first-order valence-corrected chi connectivity index (χ1v) is 12.3. The van der Waals surface area contributed by atoms with Crippen LogP contribution in [0, 0.1) is 6.92 Å². The Hall–Kier alpha value is -4.00. The minimum absolute atomic E-state index is 0.0319. The van der Waals surface area contributed by atoms with E-state index in [9.17, 15) is 4.79 Å². The summed E-state index contributed by atoms with van der Waals surface area (Å²) in [6.45, 7) is 8.03. The smallest absolute Gasteiger partial charge is 0.318 e. The van der Waals surface area contributed by atoms with Gasteiger partial charge in [0.15, 0.2) is 11.7 Å². The predicted molar refractivity (Wildman–Crippen MR) is 143 cm³/mol. The zero-order valence-electron chi connectivity index (χ0n) is 21.2. The van der Waals surface area contributed by atoms with Crippen LogP contribution in [-0.4, -0.2) is 48.7 Å². The van der Waals surface area contributed by atoms with Crippen LogP contribution in [-0.2, 0) is 0 Å². The van der Waals surface area contributed by atoms with E-state index in [1.807, 2.05) is 49.1 Å². The van der Waals surface area contributed by atoms with E-state index in [1.54, 1.807) is 13.3 Å². The highest BCUT2D eigenvalue weighted by Crippen LogP contribution is 2.35. The highest BCUT2D eigenvalue weighted by atomic mass is 16.5. The molecule has 0 unspecified atom stereocenters. The highest BCUT2D eigenvalue weighted by Gasteiger charge is 2.28. The summed E-state index contributed by atoms with van der Waals surface area (Å²) < 4.78 is 11.4. The number of hydrogen-bond acceptors (Lipinski definition) is 5. The molecule has 7 nitrogen and oxygen atoms in total. The van der Waals surface area contributed by atoms with Crippen molar-refractivity contribution in [2.45, 2.75) is 32.9 Å². The van der Waals surface area contributed by atoms with Gasteiger partial charge in [0.25, 0.3) is 0 Å². The van der Waals surface area contributed by atoms with Crippen molar-refractivity contribution in [3.63, 3.8) is 0 Å². The first-order valence-electron chi connectivity index (χ1n) is 12.3. The third kappa shape index (κ3) is 4.61. The van der Waals surface area contributed by atoms with Crippen LogP contribution < -0.4 is 15.0 Å². The Morgan fingerprint density at radius 3 is 2.69 bits per heavy atom. The molecule has 7 heteroatoms. The molecule has 1 N–H and O–H groups in total. The number of oxazole rings is 1. The number of amides is 2. The molecule has 0 spiro atoms. The van der Waals surface area contributed by atoms with E-state index in [4.69, 9.17) is 9.15 Å². The molecule has 0 aliphatic carbocycles. The molecule has 186 valence electrons. The molecule has 1 aromatic heterocycles. The lowest BCUT2D eigenvalue weighted by atomic mass is 10.00. The summed E-state index contributed by atoms with van der Waals surface area (Å²) in [6.07, 6.45) is 1.71. The molecular weight excluding hydrogens is 452 g/mol. The lowest BCUT2D eigenvalue weighted by Gasteiger charge is -2.41. The standard InChI is InChI=1S/C29H32N4O3/c1-19-18-32(29(34)31-20(2)24-11-7-9-22-8-5-6-10-25(22)24)14-15-33(19)23-12-13-26(27(16-23)35-4)28-17-30-21(3)36-28/h5-13,16-17,19-20H,14-15,18H2,1-4H3,(H,31,34)/t19-,20-/m0/s1. The summed E-state index contributed by atoms with van der Waals surface area (Å²) in [5, 5.41) is 5.56. The maximum Gasteiger partial charge on any atom is 0.318 e. The number of nitrogens with one attached hydrogen (secondary N) is 1. The van der Waals surface area contributed by atoms with E-state index in [0.717, 1.165) is 29.1 Å². The Bertz CT molecular complexity index is 1380. The topological polar surface area (TPSA) is 70.8 Å². The number of anilines is 1. The summed E-state index contributed by atoms with van der Waals surface area (Å²) in [5.41, 5.74) is 3.06. The number of urea groups is 1. The Morgan fingerprint density at radius 1 is 1.14 bits per heavy atom. The second kappa shape index (κ2) is 9.93. The van der Waals surface area contributed by atoms with Crippen molar-refractivity contribution in [2.24, 2.45) is 0 Å². The van der Waals surface area contributed by atoms with Gasteiger partial charge in [0.1, 0.15) is 5.75 Å². The average Bonchev–Trinajstić information content (AvgIpc) is 3.33. The number of benzene rings is 3. The average molecular weight is 485 g/mol. The first-order chi connectivity index (χ1) is 17.4. The van der Waals surface area contributed by atoms with E-state index in [-0.39, 0.29) is 18.1 Å². The normalized spacial score (nSPS) is 16.7. The van der Waals surface area contributed by atoms with Crippen LogP contribution in [0.5, 0.6) is 5.75 Å². The van der Waals surface area contributed by atoms with Gasteiger partial charge in [-0.3, -0.25) is 0 Å². The number of ether oxygens (including phenoxy) is 1. The summed E-state index contributed by atoms with van der Waals surface area (Å²) in [5.74, 6) is 2.04. The van der Waals surface area contributed by atoms with Crippen LogP contribution in [0.15, 0.2) is 71.3 Å². The van der Waals surface area contributed by atoms with Gasteiger partial charge in [-0.1, -0.05) is 42.5 Å². The van der Waals surface area contributed by atoms with Gasteiger partial charge in [0.2, 0.25) is 0 Å². The maximum atomic E-state index is 13.2. The van der Waals surface area contributed by atoms with Gasteiger partial charge in [0, 0.05) is 44.4 Å². The molecule has 0 radical (unpaired) electrons. The number of methoxy groups -OCH3 is 1. The number of piperazine rings is 1. The van der Waals surface area contributed by atoms with Gasteiger partial charge in [-0.2, -0.15) is 0 Å². The number of rotatable bonds is 5. The molecule has 1 saturated heterocycles. The van der Waals surface area contributed by atoms with Crippen molar-refractivity contribution in [3.8, 4) is 17.1 Å². The summed E-state index contributed by atoms with van der Waals surface area (Å²) in [6, 6.07) is 20.7. The number of fused-ring (bicyclic) bond motifs is 1. The molecule has 1 fully saturated rings. The van der Waals surface area contributed by atoms with Crippen LogP contribution in [0.3, 0.4) is 0 Å². The van der Waals surface area contributed by atoms with E-state index in [1.165, 1.54) is 10.8 Å². The Kier molecular flexibility index (Phi) is 6.55. The molecule has 1 aliphatic heterocycles. The molecule has 5 rings (SSSR count). The van der Waals surface area contributed by atoms with Crippen LogP contribution in [0.25, 0.3) is 22.1 Å². The Morgan fingerprint density at radius 2 is 1.94 bits per heavy atom. The van der Waals surface area contributed by atoms with Crippen molar-refractivity contribution in [3.05, 3.63) is 78.3 Å². The third-order valence-electron chi connectivity index (χ3n) is 6.95. The quantitative estimate of drug-likeness (QED) is 0.388. The molecule has 2 atom stereocenters. The summed E-state index contributed by atoms with van der Waals surface area (Å²) in [7, 11) is 1.66. The van der Waals surface area contributed by atoms with E-state index in [0.29, 0.717) is 24.7 Å². The fraction of sp³-hybridized carbons (Fsp3) is 0.310. The van der Waals surface area contributed by atoms with Gasteiger partial charge >= 0.3 is 6.03 Å². The summed E-state index contributed by atoms with van der Waals surface area (Å²) in [4.78, 5) is 21.6. The molecule has 36 heavy (non-hydrogen) atoms. The van der Waals surface area contributed by atoms with Gasteiger partial charge in [-0.05, 0) is 42.3 Å². The number of carbonyl (C=O) groups is 1. The maximum absolute atomic E-state index is 13.2. The second-order valence-corrected chi connectivity index (χ2v) is 9.36. The molecule has 2 heterocycles. The molecular formula is C29H32N4O3. The molecule has 4 aromatic rings. The number of aromatic nitrogens is 1. The number of aryl methyl sites for hydroxylation is 1. The SMILES string of the molecule is COc1cc(N2CCN(C(=O)N[C@@H](C)c3cccc4ccccc34)C[C@@H]2C)ccc1-c1cnc(C)o1.